The predicted octanol–water partition coefficient (Wildman–Crippen LogP) is 3.31. The minimum absolute atomic E-state index is 0.0391. The van der Waals surface area contributed by atoms with Gasteiger partial charge in [0.2, 0.25) is 0 Å². The Morgan fingerprint density at radius 2 is 1.78 bits per heavy atom. The highest BCUT2D eigenvalue weighted by molar-refractivity contribution is 5.94. The van der Waals surface area contributed by atoms with Crippen LogP contribution in [-0.4, -0.2) is 26.5 Å². The van der Waals surface area contributed by atoms with Gasteiger partial charge in [-0.2, -0.15) is 0 Å². The number of carbonyl (C=O) groups excluding carboxylic acids is 1. The number of benzene rings is 1. The zero-order valence-electron chi connectivity index (χ0n) is 12.3. The fraction of sp³-hybridized carbons (Fsp3) is 0.533. The second-order valence-electron chi connectivity index (χ2n) is 3.90. The third-order valence-corrected chi connectivity index (χ3v) is 2.64. The summed E-state index contributed by atoms with van der Waals surface area (Å²) < 4.78 is 0. The minimum Gasteiger partial charge on any atom is -0.375 e. The van der Waals surface area contributed by atoms with Crippen LogP contribution in [-0.2, 0) is 0 Å². The molecule has 1 N–H and O–H groups in total. The third-order valence-electron chi connectivity index (χ3n) is 2.64. The van der Waals surface area contributed by atoms with Crippen LogP contribution in [0.15, 0.2) is 24.3 Å². The van der Waals surface area contributed by atoms with E-state index in [0.717, 1.165) is 12.2 Å². The van der Waals surface area contributed by atoms with E-state index < -0.39 is 0 Å². The van der Waals surface area contributed by atoms with Crippen LogP contribution in [0.4, 0.5) is 5.69 Å². The molecule has 0 aliphatic heterocycles. The molecule has 0 heterocycles. The summed E-state index contributed by atoms with van der Waals surface area (Å²) in [5.41, 5.74) is 1.86. The Morgan fingerprint density at radius 1 is 1.22 bits per heavy atom. The monoisotopic (exact) mass is 250 g/mol. The van der Waals surface area contributed by atoms with Gasteiger partial charge in [0.05, 0.1) is 0 Å². The third kappa shape index (κ3) is 5.21. The molecule has 0 spiro atoms. The molecule has 0 aliphatic rings. The molecule has 0 radical (unpaired) electrons. The number of amides is 1. The van der Waals surface area contributed by atoms with Crippen LogP contribution in [0.5, 0.6) is 0 Å². The molecule has 0 aromatic heterocycles. The lowest BCUT2D eigenvalue weighted by Crippen LogP contribution is -2.20. The van der Waals surface area contributed by atoms with Crippen molar-refractivity contribution >= 4 is 11.6 Å². The second kappa shape index (κ2) is 9.51. The van der Waals surface area contributed by atoms with Gasteiger partial charge in [-0.15, -0.1) is 0 Å². The highest BCUT2D eigenvalue weighted by Gasteiger charge is 2.04. The van der Waals surface area contributed by atoms with Gasteiger partial charge in [0, 0.05) is 31.9 Å². The molecule has 1 aromatic carbocycles. The topological polar surface area (TPSA) is 32.3 Å². The van der Waals surface area contributed by atoms with Crippen LogP contribution in [0.3, 0.4) is 0 Å². The molecule has 0 atom stereocenters. The molecule has 102 valence electrons. The van der Waals surface area contributed by atoms with E-state index in [1.54, 1.807) is 7.05 Å². The Balaban J connectivity index is 0.00000137. The van der Waals surface area contributed by atoms with E-state index in [-0.39, 0.29) is 5.91 Å². The zero-order chi connectivity index (χ0) is 14.0. The zero-order valence-corrected chi connectivity index (χ0v) is 12.3. The molecular weight excluding hydrogens is 224 g/mol. The fourth-order valence-corrected chi connectivity index (χ4v) is 1.54. The lowest BCUT2D eigenvalue weighted by atomic mass is 10.2. The fourth-order valence-electron chi connectivity index (χ4n) is 1.54. The van der Waals surface area contributed by atoms with Crippen LogP contribution < -0.4 is 10.2 Å². The maximum atomic E-state index is 11.3. The molecule has 1 amide bonds. The van der Waals surface area contributed by atoms with Gasteiger partial charge in [-0.25, -0.2) is 0 Å². The van der Waals surface area contributed by atoms with E-state index in [2.05, 4.69) is 24.2 Å². The maximum Gasteiger partial charge on any atom is 0.251 e. The number of nitrogens with one attached hydrogen (secondary N) is 1. The minimum atomic E-state index is -0.0391. The molecule has 18 heavy (non-hydrogen) atoms. The SMILES string of the molecule is CC.CCCCN(C)c1ccc(C(=O)NC)cc1. The van der Waals surface area contributed by atoms with Crippen LogP contribution in [0, 0.1) is 0 Å². The summed E-state index contributed by atoms with van der Waals surface area (Å²) in [6.45, 7) is 7.23. The van der Waals surface area contributed by atoms with Crippen molar-refractivity contribution in [3.63, 3.8) is 0 Å². The molecular formula is C15H26N2O. The van der Waals surface area contributed by atoms with Gasteiger partial charge in [-0.1, -0.05) is 27.2 Å². The summed E-state index contributed by atoms with van der Waals surface area (Å²) in [6.07, 6.45) is 2.38. The highest BCUT2D eigenvalue weighted by Crippen LogP contribution is 2.14. The molecule has 0 saturated heterocycles. The summed E-state index contributed by atoms with van der Waals surface area (Å²) in [5, 5.41) is 2.61. The van der Waals surface area contributed by atoms with Gasteiger partial charge >= 0.3 is 0 Å². The number of unbranched alkanes of at least 4 members (excludes halogenated alkanes) is 1. The summed E-state index contributed by atoms with van der Waals surface area (Å²) in [7, 11) is 3.72. The smallest absolute Gasteiger partial charge is 0.251 e. The van der Waals surface area contributed by atoms with Gasteiger partial charge in [-0.05, 0) is 30.7 Å². The number of nitrogens with zero attached hydrogens (tertiary/aromatic N) is 1. The quantitative estimate of drug-likeness (QED) is 0.869. The summed E-state index contributed by atoms with van der Waals surface area (Å²) in [5.74, 6) is -0.0391. The average molecular weight is 250 g/mol. The first kappa shape index (κ1) is 16.5. The number of anilines is 1. The van der Waals surface area contributed by atoms with Gasteiger partial charge in [0.25, 0.3) is 5.91 Å². The van der Waals surface area contributed by atoms with Crippen LogP contribution in [0.2, 0.25) is 0 Å². The normalized spacial score (nSPS) is 9.17. The van der Waals surface area contributed by atoms with Crippen LogP contribution in [0.25, 0.3) is 0 Å². The number of rotatable bonds is 5. The summed E-state index contributed by atoms with van der Waals surface area (Å²) in [4.78, 5) is 13.5. The van der Waals surface area contributed by atoms with E-state index >= 15 is 0 Å². The summed E-state index contributed by atoms with van der Waals surface area (Å²) >= 11 is 0. The van der Waals surface area contributed by atoms with E-state index in [1.807, 2.05) is 38.1 Å². The molecule has 1 rings (SSSR count). The Hall–Kier alpha value is -1.51. The van der Waals surface area contributed by atoms with Gasteiger partial charge in [0.1, 0.15) is 0 Å². The first-order valence-corrected chi connectivity index (χ1v) is 6.72. The predicted molar refractivity (Wildman–Crippen MR) is 79.4 cm³/mol. The van der Waals surface area contributed by atoms with E-state index in [1.165, 1.54) is 12.8 Å². The van der Waals surface area contributed by atoms with Crippen molar-refractivity contribution in [1.82, 2.24) is 5.32 Å². The van der Waals surface area contributed by atoms with Crippen molar-refractivity contribution in [2.45, 2.75) is 33.6 Å². The molecule has 0 saturated carbocycles. The first-order valence-electron chi connectivity index (χ1n) is 6.72. The number of carbonyl (C=O) groups is 1. The molecule has 0 fully saturated rings. The molecule has 3 heteroatoms. The van der Waals surface area contributed by atoms with E-state index in [4.69, 9.17) is 0 Å². The van der Waals surface area contributed by atoms with Crippen molar-refractivity contribution in [2.24, 2.45) is 0 Å². The van der Waals surface area contributed by atoms with Crippen LogP contribution >= 0.6 is 0 Å². The lowest BCUT2D eigenvalue weighted by molar-refractivity contribution is 0.0963. The Labute approximate surface area is 111 Å². The molecule has 0 unspecified atom stereocenters. The van der Waals surface area contributed by atoms with Crippen molar-refractivity contribution in [3.8, 4) is 0 Å². The van der Waals surface area contributed by atoms with E-state index in [0.29, 0.717) is 5.56 Å². The largest absolute Gasteiger partial charge is 0.375 e. The average Bonchev–Trinajstić information content (AvgIpc) is 2.46. The molecule has 0 aliphatic carbocycles. The van der Waals surface area contributed by atoms with E-state index in [9.17, 15) is 4.79 Å². The number of hydrogen-bond acceptors (Lipinski definition) is 2. The van der Waals surface area contributed by atoms with Crippen molar-refractivity contribution in [3.05, 3.63) is 29.8 Å². The maximum absolute atomic E-state index is 11.3. The summed E-state index contributed by atoms with van der Waals surface area (Å²) in [6, 6.07) is 7.69. The molecule has 3 nitrogen and oxygen atoms in total. The molecule has 1 aromatic rings. The van der Waals surface area contributed by atoms with Crippen molar-refractivity contribution in [1.29, 1.82) is 0 Å². The standard InChI is InChI=1S/C13H20N2O.C2H6/c1-4-5-10-15(3)12-8-6-11(7-9-12)13(16)14-2;1-2/h6-9H,4-5,10H2,1-3H3,(H,14,16);1-2H3. The Morgan fingerprint density at radius 3 is 2.22 bits per heavy atom. The number of hydrogen-bond donors (Lipinski definition) is 1. The van der Waals surface area contributed by atoms with Crippen molar-refractivity contribution in [2.75, 3.05) is 25.5 Å². The lowest BCUT2D eigenvalue weighted by Gasteiger charge is -2.19. The molecule has 0 bridgehead atoms. The van der Waals surface area contributed by atoms with Crippen molar-refractivity contribution < 1.29 is 4.79 Å². The highest BCUT2D eigenvalue weighted by atomic mass is 16.1. The second-order valence-corrected chi connectivity index (χ2v) is 3.90. The first-order chi connectivity index (χ1) is 8.69. The van der Waals surface area contributed by atoms with Gasteiger partial charge in [0.15, 0.2) is 0 Å². The van der Waals surface area contributed by atoms with Gasteiger partial charge in [-0.3, -0.25) is 4.79 Å². The Kier molecular flexibility index (Phi) is 8.71. The van der Waals surface area contributed by atoms with Crippen LogP contribution in [0.1, 0.15) is 44.0 Å². The Bertz CT molecular complexity index is 333. The van der Waals surface area contributed by atoms with Gasteiger partial charge < -0.3 is 10.2 Å².